The molecule has 1 N–H and O–H groups in total. The third kappa shape index (κ3) is 2.93. The molecular weight excluding hydrogens is 226 g/mol. The number of hydrogen-bond acceptors (Lipinski definition) is 3. The number of methoxy groups -OCH3 is 1. The van der Waals surface area contributed by atoms with E-state index in [0.29, 0.717) is 6.04 Å². The second kappa shape index (κ2) is 5.74. The van der Waals surface area contributed by atoms with Crippen LogP contribution < -0.4 is 10.1 Å². The molecule has 0 unspecified atom stereocenters. The molecule has 0 aliphatic carbocycles. The smallest absolute Gasteiger partial charge is 0.119 e. The third-order valence-electron chi connectivity index (χ3n) is 2.85. The summed E-state index contributed by atoms with van der Waals surface area (Å²) in [5.41, 5.74) is 3.49. The van der Waals surface area contributed by atoms with Crippen LogP contribution in [0.15, 0.2) is 41.2 Å². The third-order valence-corrected chi connectivity index (χ3v) is 2.85. The molecule has 2 aromatic rings. The normalized spacial score (nSPS) is 10.9. The molecule has 0 saturated carbocycles. The monoisotopic (exact) mass is 245 g/mol. The van der Waals surface area contributed by atoms with E-state index < -0.39 is 0 Å². The first kappa shape index (κ1) is 12.7. The molecule has 3 nitrogen and oxygen atoms in total. The lowest BCUT2D eigenvalue weighted by atomic mass is 10.0. The summed E-state index contributed by atoms with van der Waals surface area (Å²) in [6.07, 6.45) is 3.46. The van der Waals surface area contributed by atoms with E-state index in [1.165, 1.54) is 11.1 Å². The van der Waals surface area contributed by atoms with Gasteiger partial charge in [0.1, 0.15) is 5.75 Å². The highest BCUT2D eigenvalue weighted by Crippen LogP contribution is 2.27. The summed E-state index contributed by atoms with van der Waals surface area (Å²) in [5, 5.41) is 3.43. The maximum atomic E-state index is 5.28. The Balaban J connectivity index is 2.32. The average Bonchev–Trinajstić information content (AvgIpc) is 2.89. The van der Waals surface area contributed by atoms with Gasteiger partial charge in [-0.2, -0.15) is 0 Å². The molecule has 1 aromatic carbocycles. The maximum Gasteiger partial charge on any atom is 0.119 e. The Kier molecular flexibility index (Phi) is 4.05. The van der Waals surface area contributed by atoms with E-state index in [-0.39, 0.29) is 0 Å². The van der Waals surface area contributed by atoms with Crippen LogP contribution in [0, 0.1) is 0 Å². The van der Waals surface area contributed by atoms with Gasteiger partial charge in [-0.3, -0.25) is 0 Å². The number of hydrogen-bond donors (Lipinski definition) is 1. The van der Waals surface area contributed by atoms with E-state index >= 15 is 0 Å². The van der Waals surface area contributed by atoms with Crippen LogP contribution in [0.25, 0.3) is 11.1 Å². The van der Waals surface area contributed by atoms with E-state index in [9.17, 15) is 0 Å². The Morgan fingerprint density at radius 2 is 2.11 bits per heavy atom. The van der Waals surface area contributed by atoms with Crippen molar-refractivity contribution >= 4 is 0 Å². The first-order valence-corrected chi connectivity index (χ1v) is 6.13. The minimum absolute atomic E-state index is 0.452. The molecule has 0 spiro atoms. The highest BCUT2D eigenvalue weighted by Gasteiger charge is 2.08. The van der Waals surface area contributed by atoms with Gasteiger partial charge in [0.15, 0.2) is 0 Å². The van der Waals surface area contributed by atoms with Crippen molar-refractivity contribution in [1.82, 2.24) is 5.32 Å². The van der Waals surface area contributed by atoms with Gasteiger partial charge < -0.3 is 14.5 Å². The molecule has 0 radical (unpaired) electrons. The van der Waals surface area contributed by atoms with Crippen molar-refractivity contribution in [2.24, 2.45) is 0 Å². The van der Waals surface area contributed by atoms with Crippen molar-refractivity contribution in [2.45, 2.75) is 26.4 Å². The van der Waals surface area contributed by atoms with E-state index in [4.69, 9.17) is 9.15 Å². The second-order valence-electron chi connectivity index (χ2n) is 4.57. The molecule has 0 aliphatic heterocycles. The van der Waals surface area contributed by atoms with Gasteiger partial charge in [-0.05, 0) is 29.3 Å². The summed E-state index contributed by atoms with van der Waals surface area (Å²) >= 11 is 0. The van der Waals surface area contributed by atoms with Crippen LogP contribution in [0.5, 0.6) is 5.75 Å². The summed E-state index contributed by atoms with van der Waals surface area (Å²) in [7, 11) is 1.69. The molecule has 0 atom stereocenters. The molecule has 0 fully saturated rings. The second-order valence-corrected chi connectivity index (χ2v) is 4.57. The number of benzene rings is 1. The Morgan fingerprint density at radius 1 is 1.28 bits per heavy atom. The zero-order valence-corrected chi connectivity index (χ0v) is 11.1. The Hall–Kier alpha value is -1.74. The molecule has 3 heteroatoms. The lowest BCUT2D eigenvalue weighted by molar-refractivity contribution is 0.414. The average molecular weight is 245 g/mol. The minimum atomic E-state index is 0.452. The Labute approximate surface area is 108 Å². The van der Waals surface area contributed by atoms with Gasteiger partial charge in [0, 0.05) is 18.2 Å². The summed E-state index contributed by atoms with van der Waals surface area (Å²) < 4.78 is 10.4. The fourth-order valence-corrected chi connectivity index (χ4v) is 1.86. The zero-order valence-electron chi connectivity index (χ0n) is 11.1. The van der Waals surface area contributed by atoms with E-state index in [0.717, 1.165) is 17.9 Å². The van der Waals surface area contributed by atoms with Crippen LogP contribution in [-0.4, -0.2) is 13.2 Å². The molecule has 1 aromatic heterocycles. The van der Waals surface area contributed by atoms with Crippen LogP contribution in [0.1, 0.15) is 19.4 Å². The number of nitrogens with one attached hydrogen (secondary N) is 1. The van der Waals surface area contributed by atoms with Crippen LogP contribution >= 0.6 is 0 Å². The van der Waals surface area contributed by atoms with Gasteiger partial charge >= 0.3 is 0 Å². The molecule has 0 saturated heterocycles. The lowest BCUT2D eigenvalue weighted by Crippen LogP contribution is -2.22. The first-order valence-electron chi connectivity index (χ1n) is 6.13. The number of furan rings is 1. The summed E-state index contributed by atoms with van der Waals surface area (Å²) in [6.45, 7) is 5.09. The topological polar surface area (TPSA) is 34.4 Å². The van der Waals surface area contributed by atoms with Crippen LogP contribution in [0.2, 0.25) is 0 Å². The van der Waals surface area contributed by atoms with Crippen LogP contribution in [0.3, 0.4) is 0 Å². The summed E-state index contributed by atoms with van der Waals surface area (Å²) in [5.74, 6) is 0.878. The van der Waals surface area contributed by atoms with Crippen molar-refractivity contribution in [2.75, 3.05) is 7.11 Å². The zero-order chi connectivity index (χ0) is 13.0. The van der Waals surface area contributed by atoms with Gasteiger partial charge in [0.05, 0.1) is 19.6 Å². The van der Waals surface area contributed by atoms with E-state index in [1.54, 1.807) is 19.6 Å². The van der Waals surface area contributed by atoms with Crippen molar-refractivity contribution < 1.29 is 9.15 Å². The minimum Gasteiger partial charge on any atom is -0.497 e. The lowest BCUT2D eigenvalue weighted by Gasteiger charge is -2.13. The van der Waals surface area contributed by atoms with Crippen molar-refractivity contribution in [3.05, 3.63) is 42.4 Å². The Bertz CT molecular complexity index is 489. The fraction of sp³-hybridized carbons (Fsp3) is 0.333. The van der Waals surface area contributed by atoms with Gasteiger partial charge in [0.2, 0.25) is 0 Å². The summed E-state index contributed by atoms with van der Waals surface area (Å²) in [4.78, 5) is 0. The molecule has 0 bridgehead atoms. The predicted molar refractivity (Wildman–Crippen MR) is 72.7 cm³/mol. The van der Waals surface area contributed by atoms with Crippen molar-refractivity contribution in [3.8, 4) is 16.9 Å². The quantitative estimate of drug-likeness (QED) is 0.876. The predicted octanol–water partition coefficient (Wildman–Crippen LogP) is 3.45. The van der Waals surface area contributed by atoms with E-state index in [1.807, 2.05) is 12.1 Å². The van der Waals surface area contributed by atoms with Gasteiger partial charge in [-0.15, -0.1) is 0 Å². The standard InChI is InChI=1S/C15H19NO2/c1-11(2)16-9-13-8-14(17-3)4-5-15(13)12-6-7-18-10-12/h4-8,10-11,16H,9H2,1-3H3. The van der Waals surface area contributed by atoms with Gasteiger partial charge in [-0.25, -0.2) is 0 Å². The highest BCUT2D eigenvalue weighted by molar-refractivity contribution is 5.67. The molecule has 1 heterocycles. The van der Waals surface area contributed by atoms with Gasteiger partial charge in [-0.1, -0.05) is 19.9 Å². The molecule has 18 heavy (non-hydrogen) atoms. The number of ether oxygens (including phenoxy) is 1. The molecule has 0 aliphatic rings. The molecule has 96 valence electrons. The van der Waals surface area contributed by atoms with Crippen molar-refractivity contribution in [1.29, 1.82) is 0 Å². The highest BCUT2D eigenvalue weighted by atomic mass is 16.5. The van der Waals surface area contributed by atoms with Crippen LogP contribution in [-0.2, 0) is 6.54 Å². The molecule has 2 rings (SSSR count). The van der Waals surface area contributed by atoms with Gasteiger partial charge in [0.25, 0.3) is 0 Å². The fourth-order valence-electron chi connectivity index (χ4n) is 1.86. The summed E-state index contributed by atoms with van der Waals surface area (Å²) in [6, 6.07) is 8.54. The molecule has 0 amide bonds. The van der Waals surface area contributed by atoms with Crippen molar-refractivity contribution in [3.63, 3.8) is 0 Å². The van der Waals surface area contributed by atoms with E-state index in [2.05, 4.69) is 31.3 Å². The first-order chi connectivity index (χ1) is 8.70. The number of rotatable bonds is 5. The Morgan fingerprint density at radius 3 is 2.72 bits per heavy atom. The molecular formula is C15H19NO2. The largest absolute Gasteiger partial charge is 0.497 e. The van der Waals surface area contributed by atoms with Crippen LogP contribution in [0.4, 0.5) is 0 Å². The SMILES string of the molecule is COc1ccc(-c2ccoc2)c(CNC(C)C)c1. The maximum absolute atomic E-state index is 5.28.